The van der Waals surface area contributed by atoms with E-state index in [0.717, 1.165) is 19.6 Å². The Hall–Kier alpha value is -0.920. The number of hydrogen-bond acceptors (Lipinski definition) is 5. The van der Waals surface area contributed by atoms with Crippen molar-refractivity contribution in [2.75, 3.05) is 14.1 Å². The summed E-state index contributed by atoms with van der Waals surface area (Å²) in [5.41, 5.74) is 0.962. The van der Waals surface area contributed by atoms with Gasteiger partial charge in [-0.05, 0) is 26.3 Å². The monoisotopic (exact) mass is 327 g/mol. The maximum atomic E-state index is 12.2. The van der Waals surface area contributed by atoms with Crippen LogP contribution in [0, 0.1) is 13.8 Å². The number of fused-ring (bicyclic) bond motifs is 1. The number of aryl methyl sites for hydroxylation is 2. The highest BCUT2D eigenvalue weighted by Gasteiger charge is 2.17. The highest BCUT2D eigenvalue weighted by atomic mass is 32.2. The average Bonchev–Trinajstić information content (AvgIpc) is 2.65. The summed E-state index contributed by atoms with van der Waals surface area (Å²) in [6, 6.07) is 0. The second kappa shape index (κ2) is 5.83. The molecule has 1 N–H and O–H groups in total. The van der Waals surface area contributed by atoms with E-state index < -0.39 is 0 Å². The zero-order valence-corrected chi connectivity index (χ0v) is 14.6. The van der Waals surface area contributed by atoms with Gasteiger partial charge in [0.05, 0.1) is 10.6 Å². The number of thiocarbonyl (C=S) groups is 1. The summed E-state index contributed by atoms with van der Waals surface area (Å²) < 4.78 is 0.777. The third kappa shape index (κ3) is 2.89. The number of nitrogens with one attached hydrogen (secondary N) is 1. The molecule has 0 spiro atoms. The predicted molar refractivity (Wildman–Crippen MR) is 92.0 cm³/mol. The Morgan fingerprint density at radius 3 is 2.70 bits per heavy atom. The van der Waals surface area contributed by atoms with Crippen LogP contribution in [-0.2, 0) is 0 Å². The van der Waals surface area contributed by atoms with Gasteiger partial charge in [-0.15, -0.1) is 11.3 Å². The zero-order valence-electron chi connectivity index (χ0n) is 12.1. The molecule has 0 bridgehead atoms. The Morgan fingerprint density at radius 1 is 1.45 bits per heavy atom. The molecule has 2 aromatic heterocycles. The first-order chi connectivity index (χ1) is 9.31. The summed E-state index contributed by atoms with van der Waals surface area (Å²) in [4.78, 5) is 23.5. The summed E-state index contributed by atoms with van der Waals surface area (Å²) in [7, 11) is 3.82. The first kappa shape index (κ1) is 15.5. The molecule has 108 valence electrons. The number of rotatable bonds is 2. The van der Waals surface area contributed by atoms with E-state index in [1.54, 1.807) is 11.3 Å². The minimum atomic E-state index is -0.0601. The van der Waals surface area contributed by atoms with Gasteiger partial charge in [-0.2, -0.15) is 0 Å². The van der Waals surface area contributed by atoms with Crippen LogP contribution in [0.3, 0.4) is 0 Å². The fraction of sp³-hybridized carbons (Fsp3) is 0.462. The highest BCUT2D eigenvalue weighted by Crippen LogP contribution is 2.30. The van der Waals surface area contributed by atoms with Crippen molar-refractivity contribution in [3.8, 4) is 0 Å². The van der Waals surface area contributed by atoms with Crippen LogP contribution < -0.4 is 5.56 Å². The van der Waals surface area contributed by atoms with Gasteiger partial charge in [0.25, 0.3) is 5.56 Å². The van der Waals surface area contributed by atoms with E-state index in [9.17, 15) is 4.79 Å². The van der Waals surface area contributed by atoms with Crippen LogP contribution in [0.15, 0.2) is 4.79 Å². The van der Waals surface area contributed by atoms with Crippen LogP contribution >= 0.6 is 35.3 Å². The average molecular weight is 328 g/mol. The van der Waals surface area contributed by atoms with E-state index in [1.807, 2.05) is 39.8 Å². The molecule has 0 saturated carbocycles. The molecule has 0 amide bonds. The van der Waals surface area contributed by atoms with Gasteiger partial charge in [0.2, 0.25) is 0 Å². The lowest BCUT2D eigenvalue weighted by Crippen LogP contribution is -2.18. The van der Waals surface area contributed by atoms with Gasteiger partial charge >= 0.3 is 0 Å². The molecule has 1 atom stereocenters. The third-order valence-corrected chi connectivity index (χ3v) is 5.98. The number of thioether (sulfide) groups is 1. The first-order valence-electron chi connectivity index (χ1n) is 6.19. The van der Waals surface area contributed by atoms with Gasteiger partial charge in [-0.1, -0.05) is 24.0 Å². The van der Waals surface area contributed by atoms with E-state index in [4.69, 9.17) is 12.2 Å². The Kier molecular flexibility index (Phi) is 4.51. The molecular weight excluding hydrogens is 310 g/mol. The molecule has 2 heterocycles. The van der Waals surface area contributed by atoms with Gasteiger partial charge in [0.1, 0.15) is 15.0 Å². The van der Waals surface area contributed by atoms with Crippen LogP contribution in [0.4, 0.5) is 0 Å². The van der Waals surface area contributed by atoms with Crippen LogP contribution in [0.25, 0.3) is 10.2 Å². The maximum absolute atomic E-state index is 12.2. The molecule has 0 aromatic carbocycles. The molecule has 0 aliphatic carbocycles. The van der Waals surface area contributed by atoms with Crippen molar-refractivity contribution in [3.63, 3.8) is 0 Å². The quantitative estimate of drug-likeness (QED) is 0.858. The normalized spacial score (nSPS) is 12.7. The second-order valence-electron chi connectivity index (χ2n) is 4.83. The van der Waals surface area contributed by atoms with Crippen molar-refractivity contribution in [1.82, 2.24) is 14.9 Å². The number of aromatic amines is 1. The summed E-state index contributed by atoms with van der Waals surface area (Å²) in [5.74, 6) is 0.679. The first-order valence-corrected chi connectivity index (χ1v) is 8.29. The molecule has 0 unspecified atom stereocenters. The molecule has 2 rings (SSSR count). The number of nitrogens with zero attached hydrogens (tertiary/aromatic N) is 2. The second-order valence-corrected chi connectivity index (χ2v) is 8.01. The molecule has 0 fully saturated rings. The molecular formula is C13H17N3OS3. The minimum absolute atomic E-state index is 0.0183. The summed E-state index contributed by atoms with van der Waals surface area (Å²) in [6.45, 7) is 5.97. The highest BCUT2D eigenvalue weighted by molar-refractivity contribution is 8.23. The SMILES string of the molecule is Cc1sc2nc([C@@H](C)SC(=S)N(C)C)[nH]c(=O)c2c1C. The molecule has 4 nitrogen and oxygen atoms in total. The van der Waals surface area contributed by atoms with Crippen molar-refractivity contribution in [3.05, 3.63) is 26.6 Å². The Bertz CT molecular complexity index is 717. The summed E-state index contributed by atoms with van der Waals surface area (Å²) in [6.07, 6.45) is 0. The number of H-pyrrole nitrogens is 1. The van der Waals surface area contributed by atoms with E-state index >= 15 is 0 Å². The van der Waals surface area contributed by atoms with Gasteiger partial charge in [0, 0.05) is 19.0 Å². The Labute approximate surface area is 131 Å². The fourth-order valence-electron chi connectivity index (χ4n) is 1.78. The van der Waals surface area contributed by atoms with Gasteiger partial charge in [-0.25, -0.2) is 4.98 Å². The predicted octanol–water partition coefficient (Wildman–Crippen LogP) is 3.24. The van der Waals surface area contributed by atoms with E-state index in [1.165, 1.54) is 11.8 Å². The molecule has 0 radical (unpaired) electrons. The molecule has 7 heteroatoms. The molecule has 20 heavy (non-hydrogen) atoms. The van der Waals surface area contributed by atoms with Crippen LogP contribution in [0.5, 0.6) is 0 Å². The van der Waals surface area contributed by atoms with E-state index in [2.05, 4.69) is 9.97 Å². The van der Waals surface area contributed by atoms with Gasteiger partial charge in [0.15, 0.2) is 0 Å². The topological polar surface area (TPSA) is 49.0 Å². The third-order valence-electron chi connectivity index (χ3n) is 3.09. The van der Waals surface area contributed by atoms with Crippen LogP contribution in [0.2, 0.25) is 0 Å². The van der Waals surface area contributed by atoms with Crippen molar-refractivity contribution in [1.29, 1.82) is 0 Å². The van der Waals surface area contributed by atoms with Crippen LogP contribution in [0.1, 0.15) is 28.4 Å². The van der Waals surface area contributed by atoms with Gasteiger partial charge in [-0.3, -0.25) is 4.79 Å². The Balaban J connectivity index is 2.41. The van der Waals surface area contributed by atoms with E-state index in [-0.39, 0.29) is 10.8 Å². The number of hydrogen-bond donors (Lipinski definition) is 1. The van der Waals surface area contributed by atoms with Crippen molar-refractivity contribution >= 4 is 49.9 Å². The lowest BCUT2D eigenvalue weighted by atomic mass is 10.2. The largest absolute Gasteiger partial charge is 0.364 e. The smallest absolute Gasteiger partial charge is 0.259 e. The standard InChI is InChI=1S/C13H17N3OS3/c1-6-7(2)19-12-9(6)11(17)14-10(15-12)8(3)20-13(18)16(4)5/h8H,1-5H3,(H,14,15,17)/t8-/m1/s1. The molecule has 0 aliphatic heterocycles. The lowest BCUT2D eigenvalue weighted by Gasteiger charge is -2.16. The molecule has 2 aromatic rings. The lowest BCUT2D eigenvalue weighted by molar-refractivity contribution is 0.647. The molecule has 0 saturated heterocycles. The summed E-state index contributed by atoms with van der Waals surface area (Å²) in [5, 5.41) is 0.730. The minimum Gasteiger partial charge on any atom is -0.364 e. The zero-order chi connectivity index (χ0) is 15.0. The van der Waals surface area contributed by atoms with Gasteiger partial charge < -0.3 is 9.88 Å². The molecule has 0 aliphatic rings. The summed E-state index contributed by atoms with van der Waals surface area (Å²) >= 11 is 8.36. The maximum Gasteiger partial charge on any atom is 0.259 e. The number of thiophene rings is 1. The Morgan fingerprint density at radius 2 is 2.10 bits per heavy atom. The van der Waals surface area contributed by atoms with Crippen LogP contribution in [-0.4, -0.2) is 33.3 Å². The fourth-order valence-corrected chi connectivity index (χ4v) is 3.98. The van der Waals surface area contributed by atoms with Crippen molar-refractivity contribution in [2.45, 2.75) is 26.0 Å². The van der Waals surface area contributed by atoms with E-state index in [0.29, 0.717) is 11.2 Å². The van der Waals surface area contributed by atoms with Crippen molar-refractivity contribution in [2.24, 2.45) is 0 Å². The number of aromatic nitrogens is 2. The van der Waals surface area contributed by atoms with Crippen molar-refractivity contribution < 1.29 is 0 Å².